The Hall–Kier alpha value is -2.38. The summed E-state index contributed by atoms with van der Waals surface area (Å²) in [5, 5.41) is 13.8. The van der Waals surface area contributed by atoms with Crippen molar-refractivity contribution in [2.45, 2.75) is 31.6 Å². The molecule has 2 aromatic carbocycles. The molecule has 0 bridgehead atoms. The largest absolute Gasteiger partial charge is 0.506 e. The number of nitrogens with one attached hydrogen (secondary N) is 1. The number of anilines is 1. The van der Waals surface area contributed by atoms with Crippen LogP contribution < -0.4 is 5.32 Å². The molecule has 0 aliphatic rings. The summed E-state index contributed by atoms with van der Waals surface area (Å²) in [5.74, 6) is -0.570. The number of carbonyl (C=O) groups excluding carboxylic acids is 1. The molecule has 3 rings (SSSR count). The normalized spacial score (nSPS) is 11.6. The number of carbonyl (C=O) groups is 1. The zero-order chi connectivity index (χ0) is 19.6. The maximum Gasteiger partial charge on any atom is 0.266 e. The predicted octanol–water partition coefficient (Wildman–Crippen LogP) is 4.61. The number of rotatable bonds is 6. The summed E-state index contributed by atoms with van der Waals surface area (Å²) in [5.41, 5.74) is 1.07. The average molecular weight is 404 g/mol. The summed E-state index contributed by atoms with van der Waals surface area (Å²) in [4.78, 5) is 13.6. The third-order valence-electron chi connectivity index (χ3n) is 4.36. The van der Waals surface area contributed by atoms with Crippen LogP contribution in [0.3, 0.4) is 0 Å². The van der Waals surface area contributed by atoms with Crippen LogP contribution in [0.2, 0.25) is 0 Å². The number of sulfone groups is 1. The van der Waals surface area contributed by atoms with Gasteiger partial charge in [0.25, 0.3) is 5.91 Å². The first-order valence-corrected chi connectivity index (χ1v) is 11.2. The van der Waals surface area contributed by atoms with Gasteiger partial charge in [-0.25, -0.2) is 8.42 Å². The van der Waals surface area contributed by atoms with E-state index in [-0.39, 0.29) is 28.0 Å². The fourth-order valence-electron chi connectivity index (χ4n) is 2.93. The monoisotopic (exact) mass is 403 g/mol. The van der Waals surface area contributed by atoms with Crippen molar-refractivity contribution >= 4 is 42.9 Å². The van der Waals surface area contributed by atoms with Crippen molar-refractivity contribution in [1.82, 2.24) is 0 Å². The lowest BCUT2D eigenvalue weighted by molar-refractivity contribution is 0.102. The summed E-state index contributed by atoms with van der Waals surface area (Å²) < 4.78 is 25.2. The summed E-state index contributed by atoms with van der Waals surface area (Å²) >= 11 is 1.40. The Labute approximate surface area is 162 Å². The minimum absolute atomic E-state index is 0.0534. The lowest BCUT2D eigenvalue weighted by Gasteiger charge is -2.10. The Balaban J connectivity index is 2.00. The van der Waals surface area contributed by atoms with Crippen LogP contribution >= 0.6 is 11.3 Å². The van der Waals surface area contributed by atoms with E-state index in [4.69, 9.17) is 0 Å². The molecular formula is C20H21NO4S2. The van der Waals surface area contributed by atoms with Gasteiger partial charge in [-0.15, -0.1) is 11.3 Å². The van der Waals surface area contributed by atoms with Crippen molar-refractivity contribution in [3.05, 3.63) is 52.9 Å². The number of benzene rings is 2. The Morgan fingerprint density at radius 2 is 1.89 bits per heavy atom. The molecule has 0 fully saturated rings. The van der Waals surface area contributed by atoms with Gasteiger partial charge in [0.1, 0.15) is 5.75 Å². The summed E-state index contributed by atoms with van der Waals surface area (Å²) in [6.07, 6.45) is 1.67. The first kappa shape index (κ1) is 19.4. The summed E-state index contributed by atoms with van der Waals surface area (Å²) in [6, 6.07) is 11.8. The Morgan fingerprint density at radius 1 is 1.15 bits per heavy atom. The van der Waals surface area contributed by atoms with Crippen LogP contribution in [-0.4, -0.2) is 25.2 Å². The molecule has 0 radical (unpaired) electrons. The van der Waals surface area contributed by atoms with Gasteiger partial charge in [-0.05, 0) is 41.6 Å². The highest BCUT2D eigenvalue weighted by Crippen LogP contribution is 2.34. The molecule has 1 heterocycles. The van der Waals surface area contributed by atoms with E-state index < -0.39 is 9.84 Å². The second-order valence-corrected chi connectivity index (χ2v) is 9.52. The van der Waals surface area contributed by atoms with Crippen LogP contribution in [0, 0.1) is 0 Å². The molecule has 3 aromatic rings. The maximum atomic E-state index is 12.9. The zero-order valence-electron chi connectivity index (χ0n) is 15.2. The fraction of sp³-hybridized carbons (Fsp3) is 0.250. The van der Waals surface area contributed by atoms with Crippen molar-refractivity contribution in [2.24, 2.45) is 0 Å². The van der Waals surface area contributed by atoms with Crippen LogP contribution in [0.5, 0.6) is 5.75 Å². The molecule has 0 spiro atoms. The van der Waals surface area contributed by atoms with Gasteiger partial charge in [0, 0.05) is 4.70 Å². The molecule has 0 aliphatic heterocycles. The van der Waals surface area contributed by atoms with Gasteiger partial charge in [0.2, 0.25) is 0 Å². The number of phenols is 1. The molecule has 0 saturated heterocycles. The third kappa shape index (κ3) is 3.84. The van der Waals surface area contributed by atoms with E-state index in [1.54, 1.807) is 6.92 Å². The molecule has 1 amide bonds. The summed E-state index contributed by atoms with van der Waals surface area (Å²) in [7, 11) is -3.43. The van der Waals surface area contributed by atoms with E-state index in [0.717, 1.165) is 28.5 Å². The van der Waals surface area contributed by atoms with E-state index in [2.05, 4.69) is 12.2 Å². The molecule has 5 nitrogen and oxygen atoms in total. The molecule has 7 heteroatoms. The zero-order valence-corrected chi connectivity index (χ0v) is 16.8. The molecule has 1 aromatic heterocycles. The lowest BCUT2D eigenvalue weighted by atomic mass is 10.1. The van der Waals surface area contributed by atoms with E-state index in [9.17, 15) is 18.3 Å². The highest BCUT2D eigenvalue weighted by atomic mass is 32.2. The highest BCUT2D eigenvalue weighted by molar-refractivity contribution is 7.91. The number of thiophene rings is 1. The number of hydrogen-bond donors (Lipinski definition) is 2. The minimum Gasteiger partial charge on any atom is -0.506 e. The molecule has 27 heavy (non-hydrogen) atoms. The predicted molar refractivity (Wildman–Crippen MR) is 110 cm³/mol. The molecule has 0 atom stereocenters. The molecule has 142 valence electrons. The van der Waals surface area contributed by atoms with Crippen LogP contribution in [0.25, 0.3) is 10.1 Å². The molecular weight excluding hydrogens is 382 g/mol. The van der Waals surface area contributed by atoms with Gasteiger partial charge in [0.05, 0.1) is 21.2 Å². The first-order valence-electron chi connectivity index (χ1n) is 8.75. The van der Waals surface area contributed by atoms with Crippen LogP contribution in [0.4, 0.5) is 5.69 Å². The van der Waals surface area contributed by atoms with Crippen LogP contribution in [0.15, 0.2) is 47.4 Å². The van der Waals surface area contributed by atoms with Crippen molar-refractivity contribution in [3.63, 3.8) is 0 Å². The van der Waals surface area contributed by atoms with Crippen molar-refractivity contribution in [2.75, 3.05) is 11.1 Å². The van der Waals surface area contributed by atoms with Gasteiger partial charge >= 0.3 is 0 Å². The topological polar surface area (TPSA) is 83.5 Å². The summed E-state index contributed by atoms with van der Waals surface area (Å²) in [6.45, 7) is 3.60. The van der Waals surface area contributed by atoms with Crippen LogP contribution in [-0.2, 0) is 16.3 Å². The number of fused-ring (bicyclic) bond motifs is 1. The van der Waals surface area contributed by atoms with Gasteiger partial charge in [-0.2, -0.15) is 0 Å². The van der Waals surface area contributed by atoms with Crippen molar-refractivity contribution < 1.29 is 18.3 Å². The Kier molecular flexibility index (Phi) is 5.53. The Bertz CT molecular complexity index is 1100. The van der Waals surface area contributed by atoms with Crippen molar-refractivity contribution in [1.29, 1.82) is 0 Å². The quantitative estimate of drug-likeness (QED) is 0.589. The number of amides is 1. The van der Waals surface area contributed by atoms with Gasteiger partial charge in [-0.1, -0.05) is 38.5 Å². The highest BCUT2D eigenvalue weighted by Gasteiger charge is 2.20. The molecule has 2 N–H and O–H groups in total. The van der Waals surface area contributed by atoms with Crippen molar-refractivity contribution in [3.8, 4) is 5.75 Å². The van der Waals surface area contributed by atoms with Gasteiger partial charge in [-0.3, -0.25) is 4.79 Å². The smallest absolute Gasteiger partial charge is 0.266 e. The second-order valence-electron chi connectivity index (χ2n) is 6.19. The molecule has 0 aliphatic carbocycles. The van der Waals surface area contributed by atoms with E-state index in [1.165, 1.54) is 29.5 Å². The first-order chi connectivity index (χ1) is 12.9. The second kappa shape index (κ2) is 7.70. The van der Waals surface area contributed by atoms with Gasteiger partial charge in [0.15, 0.2) is 9.84 Å². The Morgan fingerprint density at radius 3 is 2.59 bits per heavy atom. The number of aryl methyl sites for hydroxylation is 1. The van der Waals surface area contributed by atoms with E-state index in [0.29, 0.717) is 4.88 Å². The fourth-order valence-corrected chi connectivity index (χ4v) is 4.99. The maximum absolute atomic E-state index is 12.9. The standard InChI is InChI=1S/C20H21NO4S2/c1-3-7-15-14-8-5-6-9-18(14)26-19(15)20(23)21-16-12-13(10-11-17(16)22)27(24,25)4-2/h5-6,8-12,22H,3-4,7H2,1-2H3,(H,21,23). The SMILES string of the molecule is CCCc1c(C(=O)Nc2cc(S(=O)(=O)CC)ccc2O)sc2ccccc12. The van der Waals surface area contributed by atoms with E-state index >= 15 is 0 Å². The van der Waals surface area contributed by atoms with Crippen LogP contribution in [0.1, 0.15) is 35.5 Å². The van der Waals surface area contributed by atoms with E-state index in [1.807, 2.05) is 24.3 Å². The number of hydrogen-bond acceptors (Lipinski definition) is 5. The lowest BCUT2D eigenvalue weighted by Crippen LogP contribution is -2.13. The minimum atomic E-state index is -3.43. The molecule has 0 unspecified atom stereocenters. The number of aromatic hydroxyl groups is 1. The molecule has 0 saturated carbocycles. The third-order valence-corrected chi connectivity index (χ3v) is 7.30. The average Bonchev–Trinajstić information content (AvgIpc) is 3.02. The van der Waals surface area contributed by atoms with Gasteiger partial charge < -0.3 is 10.4 Å². The number of phenolic OH excluding ortho intramolecular Hbond substituents is 1.